The van der Waals surface area contributed by atoms with E-state index in [2.05, 4.69) is 15.3 Å². The number of rotatable bonds is 19. The Morgan fingerprint density at radius 1 is 0.857 bits per heavy atom. The van der Waals surface area contributed by atoms with Crippen molar-refractivity contribution >= 4 is 16.4 Å². The van der Waals surface area contributed by atoms with Crippen LogP contribution in [-0.2, 0) is 23.6 Å². The fourth-order valence-electron chi connectivity index (χ4n) is 3.10. The van der Waals surface area contributed by atoms with E-state index in [0.717, 1.165) is 20.0 Å². The van der Waals surface area contributed by atoms with E-state index < -0.39 is 16.4 Å². The van der Waals surface area contributed by atoms with E-state index in [0.29, 0.717) is 6.42 Å². The van der Waals surface area contributed by atoms with Crippen molar-refractivity contribution in [1.82, 2.24) is 0 Å². The number of hydrogen-bond acceptors (Lipinski definition) is 6. The summed E-state index contributed by atoms with van der Waals surface area (Å²) in [4.78, 5) is 11.4. The Morgan fingerprint density at radius 3 is 1.64 bits per heavy atom. The van der Waals surface area contributed by atoms with Crippen molar-refractivity contribution in [3.8, 4) is 0 Å². The Bertz CT molecular complexity index is 466. The van der Waals surface area contributed by atoms with Crippen LogP contribution in [0.1, 0.15) is 111 Å². The van der Waals surface area contributed by atoms with Crippen molar-refractivity contribution in [3.05, 3.63) is 0 Å². The van der Waals surface area contributed by atoms with E-state index in [1.807, 2.05) is 0 Å². The second kappa shape index (κ2) is 20.6. The molecule has 0 aromatic heterocycles. The summed E-state index contributed by atoms with van der Waals surface area (Å²) in [7, 11) is -3.28. The Morgan fingerprint density at radius 2 is 1.25 bits per heavy atom. The fourth-order valence-corrected chi connectivity index (χ4v) is 3.46. The molecule has 0 aliphatic carbocycles. The van der Waals surface area contributed by atoms with Crippen LogP contribution in [0.3, 0.4) is 0 Å². The molecule has 0 aliphatic rings. The average molecular weight is 432 g/mol. The van der Waals surface area contributed by atoms with E-state index in [9.17, 15) is 13.2 Å². The van der Waals surface area contributed by atoms with Crippen LogP contribution in [0.4, 0.5) is 0 Å². The Labute approximate surface area is 196 Å². The topological polar surface area (TPSA) is 95.7 Å². The summed E-state index contributed by atoms with van der Waals surface area (Å²) in [6.45, 7) is 2.25. The van der Waals surface area contributed by atoms with E-state index in [-0.39, 0.29) is 43.4 Å². The van der Waals surface area contributed by atoms with Crippen LogP contribution in [0.15, 0.2) is 0 Å². The van der Waals surface area contributed by atoms with Gasteiger partial charge in [-0.2, -0.15) is 8.42 Å². The van der Waals surface area contributed by atoms with Gasteiger partial charge >= 0.3 is 45.9 Å². The molecule has 8 heteroatoms. The summed E-state index contributed by atoms with van der Waals surface area (Å²) < 4.78 is 30.2. The van der Waals surface area contributed by atoms with Crippen molar-refractivity contribution in [2.75, 3.05) is 7.11 Å². The van der Waals surface area contributed by atoms with Gasteiger partial charge in [-0.3, -0.25) is 4.79 Å². The van der Waals surface area contributed by atoms with E-state index in [1.165, 1.54) is 77.0 Å². The smallest absolute Gasteiger partial charge is 1.00 e. The third-order valence-corrected chi connectivity index (χ3v) is 5.55. The molecule has 0 spiro atoms. The minimum Gasteiger partial charge on any atom is -1.00 e. The number of unbranched alkanes of at least 4 members (excludes halogenated alkanes) is 13. The Hall–Kier alpha value is 0.340. The van der Waals surface area contributed by atoms with Crippen LogP contribution in [0.5, 0.6) is 0 Å². The van der Waals surface area contributed by atoms with Crippen LogP contribution in [0.2, 0.25) is 0 Å². The predicted octanol–water partition coefficient (Wildman–Crippen LogP) is 2.13. The third-order valence-electron chi connectivity index (χ3n) is 4.76. The maximum Gasteiger partial charge on any atom is 1.00 e. The largest absolute Gasteiger partial charge is 1.00 e. The molecule has 0 aromatic rings. The van der Waals surface area contributed by atoms with Gasteiger partial charge in [0.25, 0.3) is 0 Å². The quantitative estimate of drug-likeness (QED) is 0.249. The van der Waals surface area contributed by atoms with Crippen LogP contribution >= 0.6 is 0 Å². The molecular weight excluding hydrogens is 389 g/mol. The van der Waals surface area contributed by atoms with Gasteiger partial charge in [0.1, 0.15) is 0 Å². The molecule has 0 saturated carbocycles. The average Bonchev–Trinajstić information content (AvgIpc) is 2.61. The molecule has 0 saturated heterocycles. The normalized spacial score (nSPS) is 12.4. The first-order valence-electron chi connectivity index (χ1n) is 10.7. The number of carbonyl (C=O) groups is 1. The van der Waals surface area contributed by atoms with Gasteiger partial charge < -0.3 is 11.3 Å². The maximum atomic E-state index is 11.4. The Balaban J connectivity index is -0.00000338. The monoisotopic (exact) mass is 431 g/mol. The standard InChI is InChI=1S/C20H41NO5S.Na.H/c1-3-4-5-6-7-8-9-10-11-12-13-14-15-16-17-19(21)18-20(22)26-27(23,24)25-2;;/h19H,3-18,21H2,1-2H3;;/q;+1;-1. The zero-order valence-corrected chi connectivity index (χ0v) is 21.2. The second-order valence-corrected chi connectivity index (χ2v) is 8.70. The van der Waals surface area contributed by atoms with Crippen molar-refractivity contribution in [1.29, 1.82) is 0 Å². The van der Waals surface area contributed by atoms with Crippen LogP contribution < -0.4 is 35.3 Å². The molecular formula is C20H42NNaO5S. The van der Waals surface area contributed by atoms with Gasteiger partial charge in [-0.15, -0.1) is 0 Å². The zero-order chi connectivity index (χ0) is 20.4. The van der Waals surface area contributed by atoms with Gasteiger partial charge in [-0.1, -0.05) is 96.8 Å². The van der Waals surface area contributed by atoms with Crippen LogP contribution in [-0.4, -0.2) is 27.5 Å². The molecule has 1 unspecified atom stereocenters. The number of nitrogens with two attached hydrogens (primary N) is 1. The van der Waals surface area contributed by atoms with Gasteiger partial charge in [-0.05, 0) is 6.42 Å². The van der Waals surface area contributed by atoms with Gasteiger partial charge in [0, 0.05) is 6.04 Å². The molecule has 1 atom stereocenters. The summed E-state index contributed by atoms with van der Waals surface area (Å²) in [5.41, 5.74) is 5.85. The van der Waals surface area contributed by atoms with Gasteiger partial charge in [-0.25, -0.2) is 4.18 Å². The second-order valence-electron chi connectivity index (χ2n) is 7.38. The van der Waals surface area contributed by atoms with Crippen LogP contribution in [0, 0.1) is 0 Å². The molecule has 164 valence electrons. The van der Waals surface area contributed by atoms with Gasteiger partial charge in [0.05, 0.1) is 13.5 Å². The first kappa shape index (κ1) is 30.5. The van der Waals surface area contributed by atoms with Crippen molar-refractivity contribution < 1.29 is 52.6 Å². The van der Waals surface area contributed by atoms with E-state index in [1.54, 1.807) is 0 Å². The molecule has 0 heterocycles. The summed E-state index contributed by atoms with van der Waals surface area (Å²) in [5.74, 6) is -0.866. The zero-order valence-electron chi connectivity index (χ0n) is 19.4. The van der Waals surface area contributed by atoms with Crippen LogP contribution in [0.25, 0.3) is 0 Å². The number of hydrogen-bond donors (Lipinski definition) is 1. The molecule has 0 radical (unpaired) electrons. The van der Waals surface area contributed by atoms with Gasteiger partial charge in [0.15, 0.2) is 0 Å². The molecule has 28 heavy (non-hydrogen) atoms. The fraction of sp³-hybridized carbons (Fsp3) is 0.950. The first-order valence-corrected chi connectivity index (χ1v) is 12.0. The van der Waals surface area contributed by atoms with Gasteiger partial charge in [0.2, 0.25) is 0 Å². The molecule has 0 aromatic carbocycles. The van der Waals surface area contributed by atoms with Crippen molar-refractivity contribution in [3.63, 3.8) is 0 Å². The predicted molar refractivity (Wildman–Crippen MR) is 111 cm³/mol. The van der Waals surface area contributed by atoms with E-state index in [4.69, 9.17) is 5.73 Å². The number of carbonyl (C=O) groups excluding carboxylic acids is 1. The summed E-state index contributed by atoms with van der Waals surface area (Å²) in [6, 6.07) is -0.373. The maximum absolute atomic E-state index is 11.4. The molecule has 0 amide bonds. The molecule has 0 fully saturated rings. The minimum absolute atomic E-state index is 0. The third kappa shape index (κ3) is 21.1. The summed E-state index contributed by atoms with van der Waals surface area (Å²) in [5, 5.41) is 0. The molecule has 0 bridgehead atoms. The summed E-state index contributed by atoms with van der Waals surface area (Å²) >= 11 is 0. The van der Waals surface area contributed by atoms with E-state index >= 15 is 0 Å². The Kier molecular flexibility index (Phi) is 22.5. The minimum atomic E-state index is -4.22. The van der Waals surface area contributed by atoms with Crippen molar-refractivity contribution in [2.45, 2.75) is 116 Å². The molecule has 6 nitrogen and oxygen atoms in total. The first-order chi connectivity index (χ1) is 12.9. The van der Waals surface area contributed by atoms with Crippen molar-refractivity contribution in [2.24, 2.45) is 5.73 Å². The SMILES string of the molecule is CCCCCCCCCCCCCCCCC(N)CC(=O)OS(=O)(=O)OC.[H-].[Na+]. The molecule has 2 N–H and O–H groups in total. The molecule has 0 aliphatic heterocycles. The molecule has 0 rings (SSSR count). The summed E-state index contributed by atoms with van der Waals surface area (Å²) in [6.07, 6.45) is 18.7.